The molecule has 0 unspecified atom stereocenters. The van der Waals surface area contributed by atoms with Crippen LogP contribution in [-0.2, 0) is 4.79 Å². The molecular weight excluding hydrogens is 250 g/mol. The summed E-state index contributed by atoms with van der Waals surface area (Å²) in [5.41, 5.74) is 0.0648. The molecule has 0 aromatic carbocycles. The third-order valence-electron chi connectivity index (χ3n) is 0.348. The van der Waals surface area contributed by atoms with Gasteiger partial charge in [-0.1, -0.05) is 6.58 Å². The van der Waals surface area contributed by atoms with Gasteiger partial charge in [0.15, 0.2) is 0 Å². The molecule has 0 aliphatic carbocycles. The molecule has 0 rings (SSSR count). The quantitative estimate of drug-likeness (QED) is 0.317. The van der Waals surface area contributed by atoms with Crippen LogP contribution in [0.2, 0.25) is 0 Å². The first-order valence-electron chi connectivity index (χ1n) is 2.39. The fourth-order valence-electron chi connectivity index (χ4n) is 0. The predicted octanol–water partition coefficient (Wildman–Crippen LogP) is -9.92. The van der Waals surface area contributed by atoms with Gasteiger partial charge in [-0.3, -0.25) is 0 Å². The molecule has 0 saturated carbocycles. The molecule has 66 valence electrons. The SMILES string of the molecule is C=C(C)C(=O)[O-].[K+].[K+].[O-][Si](O)(O)O. The summed E-state index contributed by atoms with van der Waals surface area (Å²) < 4.78 is 0. The van der Waals surface area contributed by atoms with E-state index in [1.54, 1.807) is 0 Å². The van der Waals surface area contributed by atoms with Crippen LogP contribution in [0.4, 0.5) is 0 Å². The number of carbonyl (C=O) groups is 1. The van der Waals surface area contributed by atoms with Crippen LogP contribution in [0.5, 0.6) is 0 Å². The molecule has 0 heterocycles. The Morgan fingerprint density at radius 2 is 1.38 bits per heavy atom. The van der Waals surface area contributed by atoms with Gasteiger partial charge >= 0.3 is 112 Å². The minimum absolute atomic E-state index is 0. The van der Waals surface area contributed by atoms with Crippen molar-refractivity contribution >= 4 is 15.0 Å². The van der Waals surface area contributed by atoms with Gasteiger partial charge < -0.3 is 29.1 Å². The topological polar surface area (TPSA) is 124 Å². The van der Waals surface area contributed by atoms with Crippen LogP contribution in [0.25, 0.3) is 0 Å². The van der Waals surface area contributed by atoms with Crippen molar-refractivity contribution in [2.45, 2.75) is 6.92 Å². The first-order chi connectivity index (χ1) is 4.64. The van der Waals surface area contributed by atoms with Crippen LogP contribution in [0.3, 0.4) is 0 Å². The molecule has 0 aliphatic rings. The van der Waals surface area contributed by atoms with Crippen LogP contribution in [-0.4, -0.2) is 29.4 Å². The average Bonchev–Trinajstić information content (AvgIpc) is 1.59. The first-order valence-corrected chi connectivity index (χ1v) is 4.14. The minimum atomic E-state index is -4.86. The van der Waals surface area contributed by atoms with Crippen molar-refractivity contribution in [3.8, 4) is 0 Å². The summed E-state index contributed by atoms with van der Waals surface area (Å²) in [6.45, 7) is 4.48. The third kappa shape index (κ3) is 53.5. The number of carbonyl (C=O) groups excluding carboxylic acids is 1. The Bertz CT molecular complexity index is 137. The molecule has 0 aromatic rings. The van der Waals surface area contributed by atoms with E-state index in [2.05, 4.69) is 6.58 Å². The Balaban J connectivity index is -0.0000000546. The second kappa shape index (κ2) is 12.6. The maximum Gasteiger partial charge on any atom is 1.00 e. The zero-order chi connectivity index (χ0) is 9.65. The largest absolute Gasteiger partial charge is 1.00 e. The van der Waals surface area contributed by atoms with E-state index in [4.69, 9.17) is 19.2 Å². The summed E-state index contributed by atoms with van der Waals surface area (Å²) in [5.74, 6) is -1.19. The Labute approximate surface area is 162 Å². The number of rotatable bonds is 1. The Hall–Kier alpha value is 2.54. The van der Waals surface area contributed by atoms with Crippen molar-refractivity contribution < 1.29 is 132 Å². The number of carboxylic acids is 1. The normalized spacial score (nSPS) is 8.08. The fourth-order valence-corrected chi connectivity index (χ4v) is 0. The maximum absolute atomic E-state index is 9.49. The molecule has 0 bridgehead atoms. The van der Waals surface area contributed by atoms with Crippen LogP contribution in [0, 0.1) is 0 Å². The molecule has 3 N–H and O–H groups in total. The van der Waals surface area contributed by atoms with Gasteiger partial charge in [0.05, 0.1) is 5.97 Å². The summed E-state index contributed by atoms with van der Waals surface area (Å²) in [7, 11) is -4.86. The van der Waals surface area contributed by atoms with Gasteiger partial charge in [0, 0.05) is 0 Å². The zero-order valence-electron chi connectivity index (χ0n) is 7.77. The van der Waals surface area contributed by atoms with Crippen LogP contribution in [0.1, 0.15) is 6.92 Å². The number of hydrogen-bond acceptors (Lipinski definition) is 6. The van der Waals surface area contributed by atoms with Gasteiger partial charge in [0.2, 0.25) is 0 Å². The molecule has 6 nitrogen and oxygen atoms in total. The van der Waals surface area contributed by atoms with Gasteiger partial charge in [0.25, 0.3) is 0 Å². The zero-order valence-corrected chi connectivity index (χ0v) is 15.0. The van der Waals surface area contributed by atoms with E-state index in [0.29, 0.717) is 0 Å². The summed E-state index contributed by atoms with van der Waals surface area (Å²) in [6.07, 6.45) is 0. The molecule has 13 heavy (non-hydrogen) atoms. The van der Waals surface area contributed by atoms with Crippen molar-refractivity contribution in [1.82, 2.24) is 0 Å². The third-order valence-corrected chi connectivity index (χ3v) is 0.348. The maximum atomic E-state index is 9.49. The molecule has 0 atom stereocenters. The van der Waals surface area contributed by atoms with Crippen LogP contribution < -0.4 is 113 Å². The summed E-state index contributed by atoms with van der Waals surface area (Å²) in [4.78, 5) is 40.0. The second-order valence-electron chi connectivity index (χ2n) is 1.64. The van der Waals surface area contributed by atoms with Gasteiger partial charge in [-0.2, -0.15) is 0 Å². The number of aliphatic carboxylic acids is 1. The van der Waals surface area contributed by atoms with Crippen molar-refractivity contribution in [3.05, 3.63) is 12.2 Å². The smallest absolute Gasteiger partial charge is 0.794 e. The van der Waals surface area contributed by atoms with Gasteiger partial charge in [-0.05, 0) is 12.5 Å². The van der Waals surface area contributed by atoms with E-state index < -0.39 is 15.0 Å². The van der Waals surface area contributed by atoms with E-state index >= 15 is 0 Å². The fraction of sp³-hybridized carbons (Fsp3) is 0.250. The molecule has 9 heteroatoms. The molecular formula is C4H8K2O6Si. The summed E-state index contributed by atoms with van der Waals surface area (Å²) >= 11 is 0. The molecule has 0 aliphatic heterocycles. The Kier molecular flexibility index (Phi) is 23.9. The molecule has 0 saturated heterocycles. The van der Waals surface area contributed by atoms with Crippen molar-refractivity contribution in [2.75, 3.05) is 0 Å². The average molecular weight is 258 g/mol. The molecule has 0 amide bonds. The van der Waals surface area contributed by atoms with Crippen LogP contribution in [0.15, 0.2) is 12.2 Å². The number of carboxylic acid groups (broad SMARTS) is 1. The van der Waals surface area contributed by atoms with Crippen LogP contribution >= 0.6 is 0 Å². The van der Waals surface area contributed by atoms with Gasteiger partial charge in [-0.15, -0.1) is 0 Å². The monoisotopic (exact) mass is 258 g/mol. The summed E-state index contributed by atoms with van der Waals surface area (Å²) in [5, 5.41) is 9.49. The van der Waals surface area contributed by atoms with E-state index in [1.807, 2.05) is 0 Å². The van der Waals surface area contributed by atoms with Gasteiger partial charge in [-0.25, -0.2) is 0 Å². The molecule has 0 fully saturated rings. The number of hydrogen-bond donors (Lipinski definition) is 3. The predicted molar refractivity (Wildman–Crippen MR) is 32.2 cm³/mol. The molecule has 0 spiro atoms. The van der Waals surface area contributed by atoms with E-state index in [1.165, 1.54) is 6.92 Å². The Morgan fingerprint density at radius 1 is 1.31 bits per heavy atom. The van der Waals surface area contributed by atoms with E-state index in [-0.39, 0.29) is 108 Å². The van der Waals surface area contributed by atoms with Crippen molar-refractivity contribution in [1.29, 1.82) is 0 Å². The van der Waals surface area contributed by atoms with E-state index in [0.717, 1.165) is 0 Å². The second-order valence-corrected chi connectivity index (χ2v) is 2.79. The Morgan fingerprint density at radius 3 is 1.38 bits per heavy atom. The standard InChI is InChI=1S/C4H6O2.2K.H3O4Si/c1-3(2)4(5)6;;;1-5(2,3)4/h1H2,2H3,(H,5,6);;;1-3H/q;2*+1;-1/p-1. The first kappa shape index (κ1) is 24.7. The van der Waals surface area contributed by atoms with Gasteiger partial charge in [0.1, 0.15) is 0 Å². The van der Waals surface area contributed by atoms with E-state index in [9.17, 15) is 9.90 Å². The minimum Gasteiger partial charge on any atom is -0.794 e. The van der Waals surface area contributed by atoms with Crippen molar-refractivity contribution in [2.24, 2.45) is 0 Å². The molecule has 0 radical (unpaired) electrons. The van der Waals surface area contributed by atoms with Crippen molar-refractivity contribution in [3.63, 3.8) is 0 Å². The molecule has 0 aromatic heterocycles. The summed E-state index contributed by atoms with van der Waals surface area (Å²) in [6, 6.07) is 0.